The standard InChI is InChI=1S/C10H16FN/c11-9-8-2-6-1-7(3-8)5-10(9,12)4-6/h6-9H,1-5,12H2. The minimum atomic E-state index is -0.690. The minimum absolute atomic E-state index is 0.321. The summed E-state index contributed by atoms with van der Waals surface area (Å²) in [5.74, 6) is 1.85. The first-order valence-corrected chi connectivity index (χ1v) is 5.10. The molecule has 0 amide bonds. The summed E-state index contributed by atoms with van der Waals surface area (Å²) >= 11 is 0. The van der Waals surface area contributed by atoms with Crippen molar-refractivity contribution in [2.45, 2.75) is 43.8 Å². The molecule has 68 valence electrons. The Morgan fingerprint density at radius 1 is 1.08 bits per heavy atom. The van der Waals surface area contributed by atoms with E-state index < -0.39 is 11.7 Å². The fourth-order valence-electron chi connectivity index (χ4n) is 4.04. The van der Waals surface area contributed by atoms with E-state index in [0.29, 0.717) is 5.92 Å². The largest absolute Gasteiger partial charge is 0.323 e. The molecule has 0 radical (unpaired) electrons. The molecule has 4 bridgehead atoms. The van der Waals surface area contributed by atoms with E-state index in [1.165, 1.54) is 6.42 Å². The fraction of sp³-hybridized carbons (Fsp3) is 1.00. The van der Waals surface area contributed by atoms with Crippen LogP contribution in [0, 0.1) is 17.8 Å². The third-order valence-corrected chi connectivity index (χ3v) is 4.24. The van der Waals surface area contributed by atoms with Gasteiger partial charge in [0.25, 0.3) is 0 Å². The van der Waals surface area contributed by atoms with Gasteiger partial charge in [-0.05, 0) is 49.9 Å². The summed E-state index contributed by atoms with van der Waals surface area (Å²) in [6, 6.07) is 0. The number of alkyl halides is 1. The van der Waals surface area contributed by atoms with Crippen LogP contribution in [-0.4, -0.2) is 11.7 Å². The zero-order valence-electron chi connectivity index (χ0n) is 7.30. The van der Waals surface area contributed by atoms with E-state index in [2.05, 4.69) is 0 Å². The second kappa shape index (κ2) is 2.03. The summed E-state index contributed by atoms with van der Waals surface area (Å²) in [4.78, 5) is 0. The van der Waals surface area contributed by atoms with E-state index >= 15 is 0 Å². The van der Waals surface area contributed by atoms with Gasteiger partial charge in [0, 0.05) is 5.54 Å². The molecule has 4 aliphatic carbocycles. The third kappa shape index (κ3) is 0.769. The van der Waals surface area contributed by atoms with Gasteiger partial charge in [-0.2, -0.15) is 0 Å². The van der Waals surface area contributed by atoms with Gasteiger partial charge in [0.05, 0.1) is 0 Å². The van der Waals surface area contributed by atoms with Crippen LogP contribution in [0.15, 0.2) is 0 Å². The van der Waals surface area contributed by atoms with Crippen molar-refractivity contribution in [3.05, 3.63) is 0 Å². The first-order chi connectivity index (χ1) is 5.67. The fourth-order valence-corrected chi connectivity index (χ4v) is 4.04. The normalized spacial score (nSPS) is 62.5. The molecule has 0 spiro atoms. The van der Waals surface area contributed by atoms with Crippen molar-refractivity contribution >= 4 is 0 Å². The van der Waals surface area contributed by atoms with Gasteiger partial charge in [-0.3, -0.25) is 0 Å². The predicted octanol–water partition coefficient (Wildman–Crippen LogP) is 1.86. The lowest BCUT2D eigenvalue weighted by Crippen LogP contribution is -2.63. The Kier molecular flexibility index (Phi) is 1.24. The van der Waals surface area contributed by atoms with Crippen molar-refractivity contribution in [2.24, 2.45) is 23.5 Å². The smallest absolute Gasteiger partial charge is 0.121 e. The Hall–Kier alpha value is -0.110. The summed E-state index contributed by atoms with van der Waals surface area (Å²) in [6.07, 6.45) is 4.81. The highest BCUT2D eigenvalue weighted by Crippen LogP contribution is 2.55. The Balaban J connectivity index is 1.97. The average molecular weight is 169 g/mol. The molecule has 0 aromatic heterocycles. The van der Waals surface area contributed by atoms with Gasteiger partial charge in [-0.25, -0.2) is 4.39 Å². The molecule has 4 saturated carbocycles. The topological polar surface area (TPSA) is 26.0 Å². The minimum Gasteiger partial charge on any atom is -0.323 e. The average Bonchev–Trinajstić information content (AvgIpc) is 1.98. The second-order valence-corrected chi connectivity index (χ2v) is 5.24. The Bertz CT molecular complexity index is 202. The lowest BCUT2D eigenvalue weighted by molar-refractivity contribution is -0.0695. The van der Waals surface area contributed by atoms with Crippen LogP contribution in [0.2, 0.25) is 0 Å². The first kappa shape index (κ1) is 7.31. The molecule has 1 nitrogen and oxygen atoms in total. The molecule has 2 heteroatoms. The number of hydrogen-bond donors (Lipinski definition) is 1. The first-order valence-electron chi connectivity index (χ1n) is 5.10. The third-order valence-electron chi connectivity index (χ3n) is 4.24. The Morgan fingerprint density at radius 2 is 1.67 bits per heavy atom. The molecule has 0 aromatic carbocycles. The predicted molar refractivity (Wildman–Crippen MR) is 45.4 cm³/mol. The number of nitrogens with two attached hydrogens (primary N) is 1. The quantitative estimate of drug-likeness (QED) is 0.588. The van der Waals surface area contributed by atoms with Crippen LogP contribution in [0.25, 0.3) is 0 Å². The van der Waals surface area contributed by atoms with E-state index in [1.807, 2.05) is 0 Å². The molecular weight excluding hydrogens is 153 g/mol. The molecule has 4 rings (SSSR count). The van der Waals surface area contributed by atoms with Crippen LogP contribution >= 0.6 is 0 Å². The molecule has 4 aliphatic rings. The van der Waals surface area contributed by atoms with Gasteiger partial charge in [0.15, 0.2) is 0 Å². The van der Waals surface area contributed by atoms with Crippen LogP contribution < -0.4 is 5.73 Å². The molecule has 0 aliphatic heterocycles. The monoisotopic (exact) mass is 169 g/mol. The van der Waals surface area contributed by atoms with E-state index in [1.54, 1.807) is 0 Å². The van der Waals surface area contributed by atoms with Crippen LogP contribution in [0.1, 0.15) is 32.1 Å². The van der Waals surface area contributed by atoms with Crippen molar-refractivity contribution in [2.75, 3.05) is 0 Å². The maximum Gasteiger partial charge on any atom is 0.121 e. The van der Waals surface area contributed by atoms with E-state index in [4.69, 9.17) is 5.73 Å². The molecule has 2 N–H and O–H groups in total. The summed E-state index contributed by atoms with van der Waals surface area (Å²) < 4.78 is 13.7. The molecule has 4 fully saturated rings. The highest BCUT2D eigenvalue weighted by molar-refractivity contribution is 5.10. The van der Waals surface area contributed by atoms with E-state index in [-0.39, 0.29) is 0 Å². The van der Waals surface area contributed by atoms with Crippen molar-refractivity contribution in [3.63, 3.8) is 0 Å². The molecule has 0 aromatic rings. The van der Waals surface area contributed by atoms with Gasteiger partial charge in [0.1, 0.15) is 6.17 Å². The molecular formula is C10H16FN. The van der Waals surface area contributed by atoms with E-state index in [0.717, 1.165) is 37.5 Å². The zero-order chi connectivity index (χ0) is 8.34. The molecule has 12 heavy (non-hydrogen) atoms. The van der Waals surface area contributed by atoms with Gasteiger partial charge < -0.3 is 5.73 Å². The second-order valence-electron chi connectivity index (χ2n) is 5.24. The molecule has 0 heterocycles. The lowest BCUT2D eigenvalue weighted by atomic mass is 9.52. The van der Waals surface area contributed by atoms with Crippen LogP contribution in [0.4, 0.5) is 4.39 Å². The maximum absolute atomic E-state index is 13.7. The van der Waals surface area contributed by atoms with Gasteiger partial charge in [0.2, 0.25) is 0 Å². The molecule has 3 atom stereocenters. The van der Waals surface area contributed by atoms with Gasteiger partial charge >= 0.3 is 0 Å². The zero-order valence-corrected chi connectivity index (χ0v) is 7.30. The Labute approximate surface area is 72.5 Å². The number of hydrogen-bond acceptors (Lipinski definition) is 1. The number of rotatable bonds is 0. The Morgan fingerprint density at radius 3 is 2.17 bits per heavy atom. The summed E-state index contributed by atoms with van der Waals surface area (Å²) in [5, 5.41) is 0. The highest BCUT2D eigenvalue weighted by Gasteiger charge is 2.55. The van der Waals surface area contributed by atoms with Crippen molar-refractivity contribution in [1.29, 1.82) is 0 Å². The summed E-state index contributed by atoms with van der Waals surface area (Å²) in [5.41, 5.74) is 5.68. The van der Waals surface area contributed by atoms with Gasteiger partial charge in [-0.1, -0.05) is 0 Å². The highest BCUT2D eigenvalue weighted by atomic mass is 19.1. The van der Waals surface area contributed by atoms with Crippen LogP contribution in [0.3, 0.4) is 0 Å². The van der Waals surface area contributed by atoms with Crippen molar-refractivity contribution in [1.82, 2.24) is 0 Å². The number of halogens is 1. The van der Waals surface area contributed by atoms with E-state index in [9.17, 15) is 4.39 Å². The van der Waals surface area contributed by atoms with Gasteiger partial charge in [-0.15, -0.1) is 0 Å². The lowest BCUT2D eigenvalue weighted by Gasteiger charge is -2.56. The molecule has 0 saturated heterocycles. The maximum atomic E-state index is 13.7. The van der Waals surface area contributed by atoms with Crippen molar-refractivity contribution < 1.29 is 4.39 Å². The van der Waals surface area contributed by atoms with Crippen LogP contribution in [0.5, 0.6) is 0 Å². The molecule has 3 unspecified atom stereocenters. The summed E-state index contributed by atoms with van der Waals surface area (Å²) in [7, 11) is 0. The SMILES string of the molecule is NC12CC3CC(CC(C3)C1F)C2. The van der Waals surface area contributed by atoms with Crippen LogP contribution in [-0.2, 0) is 0 Å². The van der Waals surface area contributed by atoms with Crippen molar-refractivity contribution in [3.8, 4) is 0 Å². The summed E-state index contributed by atoms with van der Waals surface area (Å²) in [6.45, 7) is 0.